The average Bonchev–Trinajstić information content (AvgIpc) is 2.36. The van der Waals surface area contributed by atoms with Crippen molar-refractivity contribution in [3.63, 3.8) is 0 Å². The molecule has 0 unspecified atom stereocenters. The Morgan fingerprint density at radius 3 is 2.53 bits per heavy atom. The number of sulfonamides is 1. The van der Waals surface area contributed by atoms with E-state index in [0.29, 0.717) is 5.82 Å². The third-order valence-corrected chi connectivity index (χ3v) is 3.39. The largest absolute Gasteiger partial charge is 0.373 e. The first-order chi connectivity index (χ1) is 7.99. The number of hydrogen-bond acceptors (Lipinski definition) is 5. The first-order valence-electron chi connectivity index (χ1n) is 4.83. The van der Waals surface area contributed by atoms with Crippen molar-refractivity contribution in [3.05, 3.63) is 18.3 Å². The van der Waals surface area contributed by atoms with Gasteiger partial charge >= 0.3 is 0 Å². The summed E-state index contributed by atoms with van der Waals surface area (Å²) in [6.45, 7) is -0.299. The molecule has 94 valence electrons. The fourth-order valence-corrected chi connectivity index (χ4v) is 1.95. The van der Waals surface area contributed by atoms with Crippen molar-refractivity contribution in [2.45, 2.75) is 4.90 Å². The van der Waals surface area contributed by atoms with Crippen LogP contribution in [0.1, 0.15) is 0 Å². The highest BCUT2D eigenvalue weighted by molar-refractivity contribution is 7.89. The number of rotatable bonds is 5. The Balaban J connectivity index is 2.78. The highest BCUT2D eigenvalue weighted by Gasteiger charge is 2.15. The van der Waals surface area contributed by atoms with E-state index in [0.717, 1.165) is 0 Å². The smallest absolute Gasteiger partial charge is 0.242 e. The second kappa shape index (κ2) is 5.60. The highest BCUT2D eigenvalue weighted by atomic mass is 32.2. The molecule has 1 amide bonds. The molecule has 7 nitrogen and oxygen atoms in total. The van der Waals surface area contributed by atoms with Crippen LogP contribution in [-0.4, -0.2) is 39.9 Å². The van der Waals surface area contributed by atoms with E-state index in [1.54, 1.807) is 7.05 Å². The Hall–Kier alpha value is -1.67. The Morgan fingerprint density at radius 2 is 2.06 bits per heavy atom. The number of amides is 1. The van der Waals surface area contributed by atoms with Gasteiger partial charge in [0.05, 0.1) is 6.54 Å². The summed E-state index contributed by atoms with van der Waals surface area (Å²) in [7, 11) is -0.580. The number of nitrogens with zero attached hydrogens (tertiary/aromatic N) is 1. The maximum absolute atomic E-state index is 11.7. The lowest BCUT2D eigenvalue weighted by Crippen LogP contribution is -2.35. The van der Waals surface area contributed by atoms with Gasteiger partial charge < -0.3 is 10.6 Å². The predicted molar refractivity (Wildman–Crippen MR) is 63.0 cm³/mol. The summed E-state index contributed by atoms with van der Waals surface area (Å²) in [4.78, 5) is 14.8. The molecular formula is C9H14N4O3S. The van der Waals surface area contributed by atoms with Gasteiger partial charge in [-0.2, -0.15) is 0 Å². The van der Waals surface area contributed by atoms with Crippen LogP contribution in [-0.2, 0) is 14.8 Å². The van der Waals surface area contributed by atoms with Crippen LogP contribution in [0.2, 0.25) is 0 Å². The zero-order valence-corrected chi connectivity index (χ0v) is 10.3. The molecule has 0 aliphatic rings. The predicted octanol–water partition coefficient (Wildman–Crippen LogP) is -0.852. The molecule has 0 atom stereocenters. The van der Waals surface area contributed by atoms with Gasteiger partial charge in [0.2, 0.25) is 15.9 Å². The van der Waals surface area contributed by atoms with Crippen LogP contribution < -0.4 is 15.4 Å². The van der Waals surface area contributed by atoms with Crippen LogP contribution in [0.3, 0.4) is 0 Å². The van der Waals surface area contributed by atoms with E-state index in [9.17, 15) is 13.2 Å². The van der Waals surface area contributed by atoms with E-state index in [1.165, 1.54) is 25.4 Å². The second-order valence-electron chi connectivity index (χ2n) is 3.13. The molecule has 0 saturated carbocycles. The van der Waals surface area contributed by atoms with Crippen LogP contribution in [0.4, 0.5) is 5.82 Å². The van der Waals surface area contributed by atoms with Gasteiger partial charge in [-0.25, -0.2) is 18.1 Å². The third-order valence-electron chi connectivity index (χ3n) is 2.00. The number of pyridine rings is 1. The van der Waals surface area contributed by atoms with Crippen molar-refractivity contribution < 1.29 is 13.2 Å². The summed E-state index contributed by atoms with van der Waals surface area (Å²) >= 11 is 0. The molecule has 0 aliphatic heterocycles. The number of nitrogens with one attached hydrogen (secondary N) is 3. The van der Waals surface area contributed by atoms with Crippen molar-refractivity contribution >= 4 is 21.7 Å². The first-order valence-corrected chi connectivity index (χ1v) is 6.32. The van der Waals surface area contributed by atoms with Crippen LogP contribution in [0.25, 0.3) is 0 Å². The molecule has 8 heteroatoms. The Labute approximate surface area is 99.7 Å². The number of anilines is 1. The Morgan fingerprint density at radius 1 is 1.35 bits per heavy atom. The number of carbonyl (C=O) groups is 1. The van der Waals surface area contributed by atoms with E-state index >= 15 is 0 Å². The van der Waals surface area contributed by atoms with Crippen LogP contribution in [0, 0.1) is 0 Å². The van der Waals surface area contributed by atoms with E-state index in [4.69, 9.17) is 0 Å². The van der Waals surface area contributed by atoms with Gasteiger partial charge in [-0.3, -0.25) is 4.79 Å². The molecular weight excluding hydrogens is 244 g/mol. The molecule has 1 rings (SSSR count). The maximum Gasteiger partial charge on any atom is 0.242 e. The summed E-state index contributed by atoms with van der Waals surface area (Å²) in [6, 6.07) is 2.94. The summed E-state index contributed by atoms with van der Waals surface area (Å²) in [6.07, 6.45) is 1.22. The topological polar surface area (TPSA) is 100 Å². The van der Waals surface area contributed by atoms with Gasteiger partial charge in [0.15, 0.2) is 0 Å². The first kappa shape index (κ1) is 13.4. The maximum atomic E-state index is 11.7. The van der Waals surface area contributed by atoms with Crippen LogP contribution in [0.5, 0.6) is 0 Å². The summed E-state index contributed by atoms with van der Waals surface area (Å²) < 4.78 is 25.6. The van der Waals surface area contributed by atoms with E-state index < -0.39 is 15.9 Å². The number of aromatic nitrogens is 1. The molecule has 0 aromatic carbocycles. The molecule has 1 aromatic rings. The number of likely N-dealkylation sites (N-methyl/N-ethyl adjacent to an activating group) is 1. The molecule has 0 radical (unpaired) electrons. The molecule has 0 spiro atoms. The van der Waals surface area contributed by atoms with Crippen molar-refractivity contribution in [2.75, 3.05) is 26.0 Å². The normalized spacial score (nSPS) is 10.9. The van der Waals surface area contributed by atoms with Gasteiger partial charge in [-0.1, -0.05) is 0 Å². The third kappa shape index (κ3) is 3.68. The van der Waals surface area contributed by atoms with E-state index in [-0.39, 0.29) is 11.4 Å². The molecule has 17 heavy (non-hydrogen) atoms. The highest BCUT2D eigenvalue weighted by Crippen LogP contribution is 2.09. The van der Waals surface area contributed by atoms with E-state index in [2.05, 4.69) is 20.3 Å². The molecule has 0 fully saturated rings. The minimum absolute atomic E-state index is 0.0143. The van der Waals surface area contributed by atoms with Crippen molar-refractivity contribution in [1.29, 1.82) is 0 Å². The van der Waals surface area contributed by atoms with Gasteiger partial charge in [0, 0.05) is 20.3 Å². The molecule has 3 N–H and O–H groups in total. The SMILES string of the molecule is CNC(=O)CNS(=O)(=O)c1ccc(NC)nc1. The van der Waals surface area contributed by atoms with Crippen LogP contribution >= 0.6 is 0 Å². The summed E-state index contributed by atoms with van der Waals surface area (Å²) in [5.74, 6) is 0.156. The lowest BCUT2D eigenvalue weighted by molar-refractivity contribution is -0.119. The summed E-state index contributed by atoms with van der Waals surface area (Å²) in [5, 5.41) is 5.09. The molecule has 1 aromatic heterocycles. The monoisotopic (exact) mass is 258 g/mol. The van der Waals surface area contributed by atoms with Crippen molar-refractivity contribution in [1.82, 2.24) is 15.0 Å². The average molecular weight is 258 g/mol. The molecule has 0 aliphatic carbocycles. The zero-order chi connectivity index (χ0) is 12.9. The number of hydrogen-bond donors (Lipinski definition) is 3. The lowest BCUT2D eigenvalue weighted by Gasteiger charge is -2.06. The lowest BCUT2D eigenvalue weighted by atomic mass is 10.5. The standard InChI is InChI=1S/C9H14N4O3S/c1-10-8-4-3-7(5-12-8)17(15,16)13-6-9(14)11-2/h3-5,13H,6H2,1-2H3,(H,10,12)(H,11,14). The quantitative estimate of drug-likeness (QED) is 0.638. The minimum Gasteiger partial charge on any atom is -0.373 e. The second-order valence-corrected chi connectivity index (χ2v) is 4.89. The molecule has 1 heterocycles. The fourth-order valence-electron chi connectivity index (χ4n) is 1.02. The van der Waals surface area contributed by atoms with Gasteiger partial charge in [0.25, 0.3) is 0 Å². The molecule has 0 saturated heterocycles. The summed E-state index contributed by atoms with van der Waals surface area (Å²) in [5.41, 5.74) is 0. The number of carbonyl (C=O) groups excluding carboxylic acids is 1. The zero-order valence-electron chi connectivity index (χ0n) is 9.52. The van der Waals surface area contributed by atoms with E-state index in [1.807, 2.05) is 0 Å². The van der Waals surface area contributed by atoms with Crippen molar-refractivity contribution in [2.24, 2.45) is 0 Å². The van der Waals surface area contributed by atoms with Gasteiger partial charge in [-0.05, 0) is 12.1 Å². The van der Waals surface area contributed by atoms with Gasteiger partial charge in [0.1, 0.15) is 10.7 Å². The minimum atomic E-state index is -3.69. The Kier molecular flexibility index (Phi) is 4.41. The molecule has 0 bridgehead atoms. The fraction of sp³-hybridized carbons (Fsp3) is 0.333. The Bertz CT molecular complexity index is 483. The van der Waals surface area contributed by atoms with Gasteiger partial charge in [-0.15, -0.1) is 0 Å². The van der Waals surface area contributed by atoms with Crippen molar-refractivity contribution in [3.8, 4) is 0 Å². The van der Waals surface area contributed by atoms with Crippen LogP contribution in [0.15, 0.2) is 23.2 Å².